The lowest BCUT2D eigenvalue weighted by atomic mass is 9.82. The van der Waals surface area contributed by atoms with E-state index in [1.807, 2.05) is 31.2 Å². The minimum atomic E-state index is -3.10. The topological polar surface area (TPSA) is 172 Å². The molecular weight excluding hydrogens is 681 g/mol. The Labute approximate surface area is 305 Å². The van der Waals surface area contributed by atoms with E-state index in [0.717, 1.165) is 11.1 Å². The summed E-state index contributed by atoms with van der Waals surface area (Å²) in [5.74, 6) is -1.76. The second kappa shape index (κ2) is 14.8. The zero-order valence-electron chi connectivity index (χ0n) is 30.1. The Kier molecular flexibility index (Phi) is 10.6. The van der Waals surface area contributed by atoms with Crippen molar-refractivity contribution in [2.24, 2.45) is 5.92 Å². The van der Waals surface area contributed by atoms with Gasteiger partial charge in [0, 0.05) is 53.5 Å². The quantitative estimate of drug-likeness (QED) is 0.0970. The first-order valence-electron chi connectivity index (χ1n) is 17.9. The fraction of sp³-hybridized carbons (Fsp3) is 0.436. The summed E-state index contributed by atoms with van der Waals surface area (Å²) < 4.78 is 11.7. The van der Waals surface area contributed by atoms with Crippen molar-refractivity contribution >= 4 is 49.1 Å². The van der Waals surface area contributed by atoms with Gasteiger partial charge in [0.2, 0.25) is 5.91 Å². The summed E-state index contributed by atoms with van der Waals surface area (Å²) in [6, 6.07) is 19.3. The fourth-order valence-corrected chi connectivity index (χ4v) is 10.9. The highest BCUT2D eigenvalue weighted by Crippen LogP contribution is 2.60. The van der Waals surface area contributed by atoms with E-state index >= 15 is 0 Å². The van der Waals surface area contributed by atoms with Gasteiger partial charge in [-0.1, -0.05) is 31.2 Å². The zero-order valence-corrected chi connectivity index (χ0v) is 31.1. The highest BCUT2D eigenvalue weighted by atomic mass is 28.4. The number of carbonyl (C=O) groups is 4. The molecule has 6 rings (SSSR count). The van der Waals surface area contributed by atoms with Gasteiger partial charge in [0.05, 0.1) is 38.0 Å². The largest absolute Gasteiger partial charge is 0.469 e. The summed E-state index contributed by atoms with van der Waals surface area (Å²) in [7, 11) is -1.76. The van der Waals surface area contributed by atoms with Crippen molar-refractivity contribution < 1.29 is 38.6 Å². The number of methoxy groups -OCH3 is 1. The number of ether oxygens (including phenoxy) is 2. The van der Waals surface area contributed by atoms with Crippen LogP contribution in [0.5, 0.6) is 0 Å². The number of nitrogens with one attached hydrogen (secondary N) is 1. The average molecular weight is 729 g/mol. The van der Waals surface area contributed by atoms with Crippen LogP contribution in [0.2, 0.25) is 18.6 Å². The van der Waals surface area contributed by atoms with E-state index in [4.69, 9.17) is 15.2 Å². The minimum absolute atomic E-state index is 0.0816. The molecule has 1 saturated heterocycles. The van der Waals surface area contributed by atoms with Gasteiger partial charge in [0.15, 0.2) is 13.9 Å². The normalized spacial score (nSPS) is 23.8. The Morgan fingerprint density at radius 2 is 1.77 bits per heavy atom. The molecule has 12 nitrogen and oxygen atoms in total. The molecule has 5 N–H and O–H groups in total. The van der Waals surface area contributed by atoms with Gasteiger partial charge in [-0.05, 0) is 85.9 Å². The van der Waals surface area contributed by atoms with E-state index in [-0.39, 0.29) is 43.1 Å². The molecule has 3 amide bonds. The monoisotopic (exact) mass is 728 g/mol. The number of hydrogen-bond acceptors (Lipinski definition) is 9. The predicted octanol–water partition coefficient (Wildman–Crippen LogP) is 4.34. The molecule has 0 aliphatic carbocycles. The molecule has 1 spiro atoms. The van der Waals surface area contributed by atoms with Gasteiger partial charge in [-0.2, -0.15) is 0 Å². The molecule has 5 atom stereocenters. The minimum Gasteiger partial charge on any atom is -0.469 e. The van der Waals surface area contributed by atoms with Crippen molar-refractivity contribution in [2.45, 2.75) is 82.0 Å². The summed E-state index contributed by atoms with van der Waals surface area (Å²) in [4.78, 5) is 69.2. The number of amides is 3. The Balaban J connectivity index is 1.34. The first-order chi connectivity index (χ1) is 24.8. The lowest BCUT2D eigenvalue weighted by molar-refractivity contribution is -0.151. The summed E-state index contributed by atoms with van der Waals surface area (Å²) in [5, 5.41) is 13.2. The number of esters is 1. The van der Waals surface area contributed by atoms with E-state index in [1.54, 1.807) is 65.4 Å². The molecule has 3 heterocycles. The van der Waals surface area contributed by atoms with Crippen LogP contribution in [0.15, 0.2) is 66.7 Å². The maximum absolute atomic E-state index is 14.8. The number of fused-ring (bicyclic) bond motifs is 3. The third-order valence-electron chi connectivity index (χ3n) is 10.9. The van der Waals surface area contributed by atoms with E-state index in [2.05, 4.69) is 5.32 Å². The number of anilines is 3. The maximum atomic E-state index is 14.8. The Bertz CT molecular complexity index is 1850. The molecule has 0 aromatic heterocycles. The molecule has 0 bridgehead atoms. The SMILES string of the molecule is COC(=O)CCCCN1C(=O)[C@@]2(O[C@@H](CC(=O)N3Cc4ccccc4C[C@H]3CO)[C@H]([Si](C)(C)O)[C@H]2C)c2cc(NC(=O)c3ccc(N)cc3)ccc21. The molecule has 276 valence electrons. The molecule has 3 aliphatic rings. The van der Waals surface area contributed by atoms with Crippen LogP contribution >= 0.6 is 0 Å². The smallest absolute Gasteiger partial charge is 0.305 e. The molecule has 0 unspecified atom stereocenters. The van der Waals surface area contributed by atoms with Gasteiger partial charge in [-0.25, -0.2) is 0 Å². The van der Waals surface area contributed by atoms with E-state index < -0.39 is 37.5 Å². The van der Waals surface area contributed by atoms with Crippen molar-refractivity contribution in [2.75, 3.05) is 36.2 Å². The van der Waals surface area contributed by atoms with Gasteiger partial charge in [0.1, 0.15) is 0 Å². The lowest BCUT2D eigenvalue weighted by Gasteiger charge is -2.37. The molecule has 0 saturated carbocycles. The second-order valence-corrected chi connectivity index (χ2v) is 18.7. The van der Waals surface area contributed by atoms with Crippen LogP contribution in [0, 0.1) is 5.92 Å². The number of nitrogen functional groups attached to an aromatic ring is 1. The highest BCUT2D eigenvalue weighted by molar-refractivity contribution is 6.71. The van der Waals surface area contributed by atoms with Crippen LogP contribution in [0.1, 0.15) is 59.7 Å². The lowest BCUT2D eigenvalue weighted by Crippen LogP contribution is -2.48. The van der Waals surface area contributed by atoms with Crippen LogP contribution in [0.25, 0.3) is 0 Å². The standard InChI is InChI=1S/C39H48N4O8Si/c1-24-36(52(3,4)49)33(21-34(45)43-22-27-10-6-5-9-26(27)19-30(43)23-44)51-39(24)31-20-29(41-37(47)25-12-14-28(40)15-13-25)16-17-32(31)42(38(39)48)18-8-7-11-35(46)50-2/h5-6,9-10,12-17,20,24,30,33,36,44,49H,7-8,11,18-19,21-23,40H2,1-4H3,(H,41,47)/t24-,30+,33+,36-,39+/m1/s1. The number of unbranched alkanes of at least 4 members (excludes halogenated alkanes) is 1. The number of carbonyl (C=O) groups excluding carboxylic acids is 4. The summed E-state index contributed by atoms with van der Waals surface area (Å²) >= 11 is 0. The van der Waals surface area contributed by atoms with Gasteiger partial charge in [0.25, 0.3) is 11.8 Å². The maximum Gasteiger partial charge on any atom is 0.305 e. The molecule has 0 radical (unpaired) electrons. The third kappa shape index (κ3) is 6.97. The van der Waals surface area contributed by atoms with Crippen molar-refractivity contribution in [3.63, 3.8) is 0 Å². The second-order valence-electron chi connectivity index (χ2n) is 14.7. The molecular formula is C39H48N4O8Si. The molecule has 3 aromatic carbocycles. The van der Waals surface area contributed by atoms with Crippen molar-refractivity contribution in [3.05, 3.63) is 89.0 Å². The van der Waals surface area contributed by atoms with E-state index in [9.17, 15) is 29.1 Å². The van der Waals surface area contributed by atoms with Gasteiger partial charge in [-0.3, -0.25) is 19.2 Å². The van der Waals surface area contributed by atoms with Crippen LogP contribution in [-0.4, -0.2) is 79.2 Å². The fourth-order valence-electron chi connectivity index (χ4n) is 8.39. The van der Waals surface area contributed by atoms with Crippen LogP contribution in [0.3, 0.4) is 0 Å². The summed E-state index contributed by atoms with van der Waals surface area (Å²) in [5.41, 5.74) is 8.41. The number of nitrogens with zero attached hydrogens (tertiary/aromatic N) is 2. The van der Waals surface area contributed by atoms with Gasteiger partial charge < -0.3 is 40.2 Å². The highest BCUT2D eigenvalue weighted by Gasteiger charge is 2.66. The number of rotatable bonds is 11. The molecule has 3 aliphatic heterocycles. The molecule has 1 fully saturated rings. The summed E-state index contributed by atoms with van der Waals surface area (Å²) in [6.07, 6.45) is 0.884. The number of nitrogens with two attached hydrogens (primary N) is 1. The van der Waals surface area contributed by atoms with Crippen LogP contribution < -0.4 is 16.0 Å². The van der Waals surface area contributed by atoms with Crippen molar-refractivity contribution in [3.8, 4) is 0 Å². The number of aliphatic hydroxyl groups is 1. The molecule has 3 aromatic rings. The number of hydrogen-bond donors (Lipinski definition) is 4. The Morgan fingerprint density at radius 3 is 2.44 bits per heavy atom. The zero-order chi connectivity index (χ0) is 37.4. The van der Waals surface area contributed by atoms with E-state index in [1.165, 1.54) is 7.11 Å². The van der Waals surface area contributed by atoms with Crippen molar-refractivity contribution in [1.82, 2.24) is 4.90 Å². The van der Waals surface area contributed by atoms with Crippen molar-refractivity contribution in [1.29, 1.82) is 0 Å². The molecule has 13 heteroatoms. The van der Waals surface area contributed by atoms with Crippen LogP contribution in [0.4, 0.5) is 17.1 Å². The number of aliphatic hydroxyl groups excluding tert-OH is 1. The summed E-state index contributed by atoms with van der Waals surface area (Å²) in [6.45, 7) is 5.95. The first-order valence-corrected chi connectivity index (χ1v) is 20.9. The van der Waals surface area contributed by atoms with E-state index in [0.29, 0.717) is 60.5 Å². The Morgan fingerprint density at radius 1 is 1.06 bits per heavy atom. The third-order valence-corrected chi connectivity index (χ3v) is 13.4. The van der Waals surface area contributed by atoms with Gasteiger partial charge >= 0.3 is 5.97 Å². The van der Waals surface area contributed by atoms with Crippen LogP contribution in [-0.2, 0) is 42.4 Å². The predicted molar refractivity (Wildman–Crippen MR) is 199 cm³/mol. The van der Waals surface area contributed by atoms with Gasteiger partial charge in [-0.15, -0.1) is 0 Å². The first kappa shape index (κ1) is 37.2. The average Bonchev–Trinajstić information content (AvgIpc) is 3.55. The molecule has 52 heavy (non-hydrogen) atoms. The Hall–Kier alpha value is -4.56. The number of benzene rings is 3.